The molecule has 4 atom stereocenters. The Hall–Kier alpha value is -1.94. The molecule has 184 valence electrons. The number of hydrogen-bond acceptors (Lipinski definition) is 4. The van der Waals surface area contributed by atoms with Gasteiger partial charge in [-0.2, -0.15) is 0 Å². The lowest BCUT2D eigenvalue weighted by molar-refractivity contribution is -0.140. The maximum absolute atomic E-state index is 12.8. The summed E-state index contributed by atoms with van der Waals surface area (Å²) in [5.74, 6) is 0.985. The second-order valence-electron chi connectivity index (χ2n) is 10.4. The number of likely N-dealkylation sites (tertiary alicyclic amines) is 1. The first kappa shape index (κ1) is 25.2. The van der Waals surface area contributed by atoms with Gasteiger partial charge in [0.25, 0.3) is 0 Å². The smallest absolute Gasteiger partial charge is 0.233 e. The number of fused-ring (bicyclic) bond motifs is 6. The van der Waals surface area contributed by atoms with Crippen LogP contribution in [0, 0.1) is 23.7 Å². The SMILES string of the molecule is CN=C(NCCN1C(=O)C2C3C=CC(C3)C2C1=O)NCC(C)(C)N1CCc2ccccc2C1.I. The molecule has 0 radical (unpaired) electrons. The highest BCUT2D eigenvalue weighted by Gasteiger charge is 2.58. The standard InChI is InChI=1S/C26H35N5O2.HI/c1-26(2,30-12-10-17-6-4-5-7-20(17)15-30)16-29-25(27-3)28-11-13-31-23(32)21-18-8-9-19(14-18)22(21)24(31)33;/h4-9,18-19,21-22H,10-16H2,1-3H3,(H2,27,28,29);1H. The molecule has 8 heteroatoms. The number of aliphatic imine (C=N–C) groups is 1. The van der Waals surface area contributed by atoms with Crippen LogP contribution in [0.3, 0.4) is 0 Å². The van der Waals surface area contributed by atoms with Crippen molar-refractivity contribution in [3.8, 4) is 0 Å². The van der Waals surface area contributed by atoms with Gasteiger partial charge in [-0.25, -0.2) is 0 Å². The number of guanidine groups is 1. The first-order chi connectivity index (χ1) is 15.9. The number of amides is 2. The largest absolute Gasteiger partial charge is 0.355 e. The zero-order chi connectivity index (χ0) is 23.2. The fraction of sp³-hybridized carbons (Fsp3) is 0.577. The predicted octanol–water partition coefficient (Wildman–Crippen LogP) is 2.41. The molecule has 1 aromatic carbocycles. The van der Waals surface area contributed by atoms with E-state index in [1.165, 1.54) is 16.0 Å². The van der Waals surface area contributed by atoms with Gasteiger partial charge < -0.3 is 10.6 Å². The fourth-order valence-electron chi connectivity index (χ4n) is 6.12. The summed E-state index contributed by atoms with van der Waals surface area (Å²) in [5.41, 5.74) is 2.82. The van der Waals surface area contributed by atoms with Crippen LogP contribution in [0.1, 0.15) is 31.4 Å². The van der Waals surface area contributed by atoms with Crippen molar-refractivity contribution in [1.82, 2.24) is 20.4 Å². The van der Waals surface area contributed by atoms with Crippen molar-refractivity contribution in [3.63, 3.8) is 0 Å². The maximum Gasteiger partial charge on any atom is 0.233 e. The van der Waals surface area contributed by atoms with Crippen molar-refractivity contribution >= 4 is 41.8 Å². The predicted molar refractivity (Wildman–Crippen MR) is 144 cm³/mol. The third kappa shape index (κ3) is 4.51. The Balaban J connectivity index is 0.00000274. The van der Waals surface area contributed by atoms with Gasteiger partial charge in [-0.1, -0.05) is 36.4 Å². The molecular formula is C26H36IN5O2. The summed E-state index contributed by atoms with van der Waals surface area (Å²) in [6, 6.07) is 8.69. The molecule has 34 heavy (non-hydrogen) atoms. The molecule has 2 N–H and O–H groups in total. The van der Waals surface area contributed by atoms with Crippen LogP contribution in [-0.4, -0.2) is 66.3 Å². The number of allylic oxidation sites excluding steroid dienone is 2. The van der Waals surface area contributed by atoms with E-state index < -0.39 is 0 Å². The summed E-state index contributed by atoms with van der Waals surface area (Å²) in [6.07, 6.45) is 6.30. The number of imide groups is 1. The van der Waals surface area contributed by atoms with Crippen molar-refractivity contribution < 1.29 is 9.59 Å². The summed E-state index contributed by atoms with van der Waals surface area (Å²) in [4.78, 5) is 34.0. The molecule has 4 aliphatic rings. The van der Waals surface area contributed by atoms with Gasteiger partial charge in [-0.15, -0.1) is 24.0 Å². The van der Waals surface area contributed by atoms with E-state index in [-0.39, 0.29) is 65.0 Å². The Labute approximate surface area is 219 Å². The molecule has 2 bridgehead atoms. The summed E-state index contributed by atoms with van der Waals surface area (Å²) in [6.45, 7) is 8.13. The van der Waals surface area contributed by atoms with Gasteiger partial charge in [-0.05, 0) is 49.7 Å². The molecule has 2 aliphatic carbocycles. The van der Waals surface area contributed by atoms with E-state index in [0.29, 0.717) is 19.0 Å². The number of nitrogens with one attached hydrogen (secondary N) is 2. The normalized spacial score (nSPS) is 28.1. The Bertz CT molecular complexity index is 977. The van der Waals surface area contributed by atoms with Gasteiger partial charge in [0.15, 0.2) is 5.96 Å². The van der Waals surface area contributed by atoms with E-state index in [0.717, 1.165) is 32.5 Å². The van der Waals surface area contributed by atoms with Crippen molar-refractivity contribution in [2.24, 2.45) is 28.7 Å². The molecule has 1 aromatic rings. The summed E-state index contributed by atoms with van der Waals surface area (Å²) < 4.78 is 0. The Kier molecular flexibility index (Phi) is 7.38. The van der Waals surface area contributed by atoms with Crippen molar-refractivity contribution in [2.75, 3.05) is 33.2 Å². The lowest BCUT2D eigenvalue weighted by Crippen LogP contribution is -2.55. The molecule has 1 saturated carbocycles. The van der Waals surface area contributed by atoms with Crippen LogP contribution in [0.5, 0.6) is 0 Å². The third-order valence-corrected chi connectivity index (χ3v) is 8.09. The monoisotopic (exact) mass is 577 g/mol. The Morgan fingerprint density at radius 3 is 2.35 bits per heavy atom. The van der Waals surface area contributed by atoms with E-state index in [2.05, 4.69) is 70.8 Å². The highest BCUT2D eigenvalue weighted by molar-refractivity contribution is 14.0. The van der Waals surface area contributed by atoms with Gasteiger partial charge in [-0.3, -0.25) is 24.4 Å². The summed E-state index contributed by atoms with van der Waals surface area (Å²) >= 11 is 0. The number of halogens is 1. The number of carbonyl (C=O) groups is 2. The Morgan fingerprint density at radius 1 is 1.06 bits per heavy atom. The molecule has 4 unspecified atom stereocenters. The topological polar surface area (TPSA) is 77.0 Å². The molecule has 0 spiro atoms. The summed E-state index contributed by atoms with van der Waals surface area (Å²) in [5, 5.41) is 6.73. The lowest BCUT2D eigenvalue weighted by Gasteiger charge is -2.42. The first-order valence-corrected chi connectivity index (χ1v) is 12.2. The first-order valence-electron chi connectivity index (χ1n) is 12.2. The molecule has 1 saturated heterocycles. The van der Waals surface area contributed by atoms with Crippen LogP contribution in [0.15, 0.2) is 41.4 Å². The molecule has 0 aromatic heterocycles. The number of hydrogen-bond donors (Lipinski definition) is 2. The maximum atomic E-state index is 12.8. The van der Waals surface area contributed by atoms with E-state index >= 15 is 0 Å². The molecule has 2 amide bonds. The molecule has 7 nitrogen and oxygen atoms in total. The number of nitrogens with zero attached hydrogens (tertiary/aromatic N) is 3. The zero-order valence-electron chi connectivity index (χ0n) is 20.3. The van der Waals surface area contributed by atoms with E-state index in [4.69, 9.17) is 0 Å². The highest BCUT2D eigenvalue weighted by atomic mass is 127. The van der Waals surface area contributed by atoms with E-state index in [1.807, 2.05) is 0 Å². The number of rotatable bonds is 6. The van der Waals surface area contributed by atoms with Crippen molar-refractivity contribution in [3.05, 3.63) is 47.5 Å². The van der Waals surface area contributed by atoms with Gasteiger partial charge >= 0.3 is 0 Å². The highest BCUT2D eigenvalue weighted by Crippen LogP contribution is 2.52. The minimum atomic E-state index is -0.125. The number of carbonyl (C=O) groups excluding carboxylic acids is 2. The minimum absolute atomic E-state index is 0. The minimum Gasteiger partial charge on any atom is -0.355 e. The molecular weight excluding hydrogens is 541 g/mol. The van der Waals surface area contributed by atoms with Crippen LogP contribution in [0.4, 0.5) is 0 Å². The van der Waals surface area contributed by atoms with Crippen LogP contribution < -0.4 is 10.6 Å². The van der Waals surface area contributed by atoms with E-state index in [9.17, 15) is 9.59 Å². The van der Waals surface area contributed by atoms with Crippen LogP contribution in [0.25, 0.3) is 0 Å². The van der Waals surface area contributed by atoms with Gasteiger partial charge in [0.05, 0.1) is 11.8 Å². The van der Waals surface area contributed by atoms with Crippen LogP contribution in [0.2, 0.25) is 0 Å². The van der Waals surface area contributed by atoms with Gasteiger partial charge in [0.1, 0.15) is 0 Å². The zero-order valence-corrected chi connectivity index (χ0v) is 22.6. The second kappa shape index (κ2) is 9.97. The molecule has 2 heterocycles. The third-order valence-electron chi connectivity index (χ3n) is 8.09. The molecule has 2 fully saturated rings. The Morgan fingerprint density at radius 2 is 1.71 bits per heavy atom. The van der Waals surface area contributed by atoms with Gasteiger partial charge in [0.2, 0.25) is 11.8 Å². The average molecular weight is 578 g/mol. The number of benzene rings is 1. The average Bonchev–Trinajstić information content (AvgIpc) is 3.50. The fourth-order valence-corrected chi connectivity index (χ4v) is 6.12. The van der Waals surface area contributed by atoms with Crippen molar-refractivity contribution in [1.29, 1.82) is 0 Å². The molecule has 5 rings (SSSR count). The summed E-state index contributed by atoms with van der Waals surface area (Å²) in [7, 11) is 1.75. The van der Waals surface area contributed by atoms with E-state index in [1.54, 1.807) is 7.05 Å². The van der Waals surface area contributed by atoms with Crippen LogP contribution >= 0.6 is 24.0 Å². The quantitative estimate of drug-likeness (QED) is 0.179. The molecule has 2 aliphatic heterocycles. The van der Waals surface area contributed by atoms with Crippen molar-refractivity contribution in [2.45, 2.75) is 38.8 Å². The van der Waals surface area contributed by atoms with Crippen LogP contribution in [-0.2, 0) is 22.6 Å². The lowest BCUT2D eigenvalue weighted by atomic mass is 9.85. The van der Waals surface area contributed by atoms with Gasteiger partial charge in [0, 0.05) is 45.3 Å². The second-order valence-corrected chi connectivity index (χ2v) is 10.4.